The molecule has 1 aromatic carbocycles. The van der Waals surface area contributed by atoms with Gasteiger partial charge >= 0.3 is 0 Å². The average molecular weight is 295 g/mol. The first-order valence-electron chi connectivity index (χ1n) is 7.72. The fourth-order valence-electron chi connectivity index (χ4n) is 3.51. The zero-order valence-electron chi connectivity index (χ0n) is 13.2. The number of rotatable bonds is 5. The maximum absolute atomic E-state index is 14.5. The number of hydrogen-bond donors (Lipinski definition) is 1. The van der Waals surface area contributed by atoms with Gasteiger partial charge in [0.25, 0.3) is 0 Å². The highest BCUT2D eigenvalue weighted by Gasteiger charge is 2.40. The molecule has 1 fully saturated rings. The van der Waals surface area contributed by atoms with Crippen LogP contribution in [-0.2, 0) is 4.74 Å². The average Bonchev–Trinajstić information content (AvgIpc) is 2.76. The standard InChI is InChI=1S/C17H26FNO2/c1-19-16(14-9-8-13(20-2)12-15(14)18)17(21-3)10-6-4-5-7-11-17/h8-9,12,16,19H,4-7,10-11H2,1-3H3. The lowest BCUT2D eigenvalue weighted by Crippen LogP contribution is -2.44. The summed E-state index contributed by atoms with van der Waals surface area (Å²) >= 11 is 0. The van der Waals surface area contributed by atoms with Crippen molar-refractivity contribution < 1.29 is 13.9 Å². The van der Waals surface area contributed by atoms with Crippen molar-refractivity contribution in [3.05, 3.63) is 29.6 Å². The highest BCUT2D eigenvalue weighted by Crippen LogP contribution is 2.41. The fourth-order valence-corrected chi connectivity index (χ4v) is 3.51. The van der Waals surface area contributed by atoms with Crippen LogP contribution in [0.1, 0.15) is 50.1 Å². The molecule has 1 aliphatic rings. The Bertz CT molecular complexity index is 456. The summed E-state index contributed by atoms with van der Waals surface area (Å²) in [5.74, 6) is 0.299. The van der Waals surface area contributed by atoms with Gasteiger partial charge in [-0.3, -0.25) is 0 Å². The Morgan fingerprint density at radius 2 is 1.81 bits per heavy atom. The molecule has 0 heterocycles. The quantitative estimate of drug-likeness (QED) is 0.837. The van der Waals surface area contributed by atoms with Crippen LogP contribution in [0.5, 0.6) is 5.75 Å². The monoisotopic (exact) mass is 295 g/mol. The van der Waals surface area contributed by atoms with Gasteiger partial charge in [0, 0.05) is 18.7 Å². The predicted molar refractivity (Wildman–Crippen MR) is 82.2 cm³/mol. The van der Waals surface area contributed by atoms with Crippen LogP contribution in [0.3, 0.4) is 0 Å². The minimum atomic E-state index is -0.333. The summed E-state index contributed by atoms with van der Waals surface area (Å²) in [6.45, 7) is 0. The van der Waals surface area contributed by atoms with Gasteiger partial charge in [-0.15, -0.1) is 0 Å². The Morgan fingerprint density at radius 1 is 1.14 bits per heavy atom. The van der Waals surface area contributed by atoms with Crippen molar-refractivity contribution in [2.75, 3.05) is 21.3 Å². The van der Waals surface area contributed by atoms with Crippen LogP contribution in [0.25, 0.3) is 0 Å². The van der Waals surface area contributed by atoms with E-state index in [1.807, 2.05) is 13.1 Å². The lowest BCUT2D eigenvalue weighted by atomic mass is 9.82. The smallest absolute Gasteiger partial charge is 0.131 e. The molecule has 4 heteroatoms. The molecule has 118 valence electrons. The third-order valence-corrected chi connectivity index (χ3v) is 4.69. The summed E-state index contributed by atoms with van der Waals surface area (Å²) in [5, 5.41) is 3.28. The van der Waals surface area contributed by atoms with Gasteiger partial charge in [0.1, 0.15) is 11.6 Å². The molecule has 1 atom stereocenters. The van der Waals surface area contributed by atoms with Gasteiger partial charge in [-0.25, -0.2) is 4.39 Å². The Balaban J connectivity index is 2.36. The summed E-state index contributed by atoms with van der Waals surface area (Å²) in [6, 6.07) is 4.91. The highest BCUT2D eigenvalue weighted by molar-refractivity contribution is 5.32. The van der Waals surface area contributed by atoms with Crippen LogP contribution in [-0.4, -0.2) is 26.9 Å². The Hall–Kier alpha value is -1.13. The van der Waals surface area contributed by atoms with Gasteiger partial charge < -0.3 is 14.8 Å². The summed E-state index contributed by atoms with van der Waals surface area (Å²) in [7, 11) is 5.17. The van der Waals surface area contributed by atoms with Crippen molar-refractivity contribution in [3.63, 3.8) is 0 Å². The van der Waals surface area contributed by atoms with E-state index < -0.39 is 0 Å². The minimum Gasteiger partial charge on any atom is -0.497 e. The number of halogens is 1. The van der Waals surface area contributed by atoms with Gasteiger partial charge in [0.05, 0.1) is 18.8 Å². The first kappa shape index (κ1) is 16.2. The van der Waals surface area contributed by atoms with Crippen LogP contribution >= 0.6 is 0 Å². The molecule has 1 aliphatic carbocycles. The van der Waals surface area contributed by atoms with Gasteiger partial charge in [-0.05, 0) is 26.0 Å². The number of nitrogens with one attached hydrogen (secondary N) is 1. The van der Waals surface area contributed by atoms with Crippen molar-refractivity contribution in [1.29, 1.82) is 0 Å². The minimum absolute atomic E-state index is 0.147. The molecule has 3 nitrogen and oxygen atoms in total. The maximum Gasteiger partial charge on any atom is 0.131 e. The van der Waals surface area contributed by atoms with Crippen LogP contribution in [0, 0.1) is 5.82 Å². The summed E-state index contributed by atoms with van der Waals surface area (Å²) < 4.78 is 25.5. The molecular weight excluding hydrogens is 269 g/mol. The molecular formula is C17H26FNO2. The fraction of sp³-hybridized carbons (Fsp3) is 0.647. The zero-order chi connectivity index (χ0) is 15.3. The third-order valence-electron chi connectivity index (χ3n) is 4.69. The van der Waals surface area contributed by atoms with E-state index in [1.165, 1.54) is 18.9 Å². The molecule has 0 spiro atoms. The van der Waals surface area contributed by atoms with E-state index in [0.29, 0.717) is 11.3 Å². The van der Waals surface area contributed by atoms with Crippen LogP contribution in [0.2, 0.25) is 0 Å². The van der Waals surface area contributed by atoms with Crippen LogP contribution in [0.4, 0.5) is 4.39 Å². The van der Waals surface area contributed by atoms with Gasteiger partial charge in [0.2, 0.25) is 0 Å². The zero-order valence-corrected chi connectivity index (χ0v) is 13.2. The summed E-state index contributed by atoms with van der Waals surface area (Å²) in [4.78, 5) is 0. The van der Waals surface area contributed by atoms with Crippen molar-refractivity contribution >= 4 is 0 Å². The lowest BCUT2D eigenvalue weighted by molar-refractivity contribution is -0.0530. The molecule has 0 radical (unpaired) electrons. The molecule has 1 unspecified atom stereocenters. The summed E-state index contributed by atoms with van der Waals surface area (Å²) in [6.07, 6.45) is 6.63. The normalized spacial score (nSPS) is 19.8. The van der Waals surface area contributed by atoms with Crippen molar-refractivity contribution in [2.24, 2.45) is 0 Å². The van der Waals surface area contributed by atoms with E-state index in [0.717, 1.165) is 25.7 Å². The van der Waals surface area contributed by atoms with E-state index in [1.54, 1.807) is 20.3 Å². The van der Waals surface area contributed by atoms with Gasteiger partial charge in [-0.1, -0.05) is 31.7 Å². The van der Waals surface area contributed by atoms with Crippen LogP contribution in [0.15, 0.2) is 18.2 Å². The largest absolute Gasteiger partial charge is 0.497 e. The second kappa shape index (κ2) is 7.23. The van der Waals surface area contributed by atoms with Crippen molar-refractivity contribution in [2.45, 2.75) is 50.2 Å². The number of ether oxygens (including phenoxy) is 2. The molecule has 21 heavy (non-hydrogen) atoms. The van der Waals surface area contributed by atoms with Crippen LogP contribution < -0.4 is 10.1 Å². The van der Waals surface area contributed by atoms with Gasteiger partial charge in [-0.2, -0.15) is 0 Å². The molecule has 0 aliphatic heterocycles. The second-order valence-electron chi connectivity index (χ2n) is 5.79. The number of methoxy groups -OCH3 is 2. The SMILES string of the molecule is CNC(c1ccc(OC)cc1F)C1(OC)CCCCCC1. The van der Waals surface area contributed by atoms with E-state index in [9.17, 15) is 4.39 Å². The predicted octanol–water partition coefficient (Wildman–Crippen LogP) is 3.83. The molecule has 0 bridgehead atoms. The Morgan fingerprint density at radius 3 is 2.29 bits per heavy atom. The van der Waals surface area contributed by atoms with Gasteiger partial charge in [0.15, 0.2) is 0 Å². The van der Waals surface area contributed by atoms with E-state index in [4.69, 9.17) is 9.47 Å². The highest BCUT2D eigenvalue weighted by atomic mass is 19.1. The molecule has 1 aromatic rings. The number of benzene rings is 1. The second-order valence-corrected chi connectivity index (χ2v) is 5.79. The van der Waals surface area contributed by atoms with Crippen molar-refractivity contribution in [1.82, 2.24) is 5.32 Å². The first-order chi connectivity index (χ1) is 10.2. The lowest BCUT2D eigenvalue weighted by Gasteiger charge is -2.39. The molecule has 0 aromatic heterocycles. The number of likely N-dealkylation sites (N-methyl/N-ethyl adjacent to an activating group) is 1. The number of hydrogen-bond acceptors (Lipinski definition) is 3. The molecule has 0 amide bonds. The molecule has 0 saturated heterocycles. The summed E-state index contributed by atoms with van der Waals surface area (Å²) in [5.41, 5.74) is 0.322. The van der Waals surface area contributed by atoms with E-state index in [-0.39, 0.29) is 17.5 Å². The molecule has 1 N–H and O–H groups in total. The third kappa shape index (κ3) is 3.38. The molecule has 1 saturated carbocycles. The van der Waals surface area contributed by atoms with E-state index in [2.05, 4.69) is 5.32 Å². The van der Waals surface area contributed by atoms with E-state index >= 15 is 0 Å². The first-order valence-corrected chi connectivity index (χ1v) is 7.72. The topological polar surface area (TPSA) is 30.5 Å². The Labute approximate surface area is 126 Å². The Kier molecular flexibility index (Phi) is 5.59. The van der Waals surface area contributed by atoms with Crippen molar-refractivity contribution in [3.8, 4) is 5.75 Å². The maximum atomic E-state index is 14.5. The molecule has 2 rings (SSSR count).